The second-order valence-corrected chi connectivity index (χ2v) is 5.34. The number of carboxylic acid groups (broad SMARTS) is 1. The highest BCUT2D eigenvalue weighted by molar-refractivity contribution is 7.99. The number of hydrogen-bond acceptors (Lipinski definition) is 4. The van der Waals surface area contributed by atoms with E-state index in [1.807, 2.05) is 0 Å². The second-order valence-electron chi connectivity index (χ2n) is 4.36. The minimum Gasteiger partial charge on any atom is -0.480 e. The topological polar surface area (TPSA) is 75.6 Å². The largest absolute Gasteiger partial charge is 0.480 e. The highest BCUT2D eigenvalue weighted by atomic mass is 32.2. The Morgan fingerprint density at radius 2 is 2.05 bits per heavy atom. The summed E-state index contributed by atoms with van der Waals surface area (Å²) >= 11 is 1.34. The fourth-order valence-corrected chi connectivity index (χ4v) is 2.37. The SMILES string of the molecule is COCCC(NC(=O)CSCc1ccc(F)cc1)C(=O)O. The maximum atomic E-state index is 12.7. The number of carbonyl (C=O) groups excluding carboxylic acids is 1. The molecule has 0 aromatic heterocycles. The zero-order valence-electron chi connectivity index (χ0n) is 11.7. The lowest BCUT2D eigenvalue weighted by atomic mass is 10.2. The zero-order valence-corrected chi connectivity index (χ0v) is 12.5. The Kier molecular flexibility index (Phi) is 7.78. The first-order valence-electron chi connectivity index (χ1n) is 6.36. The number of benzene rings is 1. The molecular formula is C14H18FNO4S. The van der Waals surface area contributed by atoms with Crippen molar-refractivity contribution in [3.05, 3.63) is 35.6 Å². The van der Waals surface area contributed by atoms with E-state index in [0.29, 0.717) is 5.75 Å². The molecule has 1 amide bonds. The van der Waals surface area contributed by atoms with Gasteiger partial charge in [0.05, 0.1) is 5.75 Å². The Hall–Kier alpha value is -1.60. The molecule has 1 unspecified atom stereocenters. The summed E-state index contributed by atoms with van der Waals surface area (Å²) in [7, 11) is 1.47. The van der Waals surface area contributed by atoms with Gasteiger partial charge in [0.1, 0.15) is 11.9 Å². The van der Waals surface area contributed by atoms with E-state index in [1.165, 1.54) is 31.0 Å². The predicted molar refractivity (Wildman–Crippen MR) is 78.6 cm³/mol. The lowest BCUT2D eigenvalue weighted by molar-refractivity contribution is -0.142. The molecule has 1 aromatic carbocycles. The second kappa shape index (κ2) is 9.36. The number of carbonyl (C=O) groups is 2. The third-order valence-electron chi connectivity index (χ3n) is 2.66. The molecule has 0 aliphatic rings. The number of thioether (sulfide) groups is 1. The molecule has 1 rings (SSSR count). The van der Waals surface area contributed by atoms with E-state index in [4.69, 9.17) is 9.84 Å². The maximum Gasteiger partial charge on any atom is 0.326 e. The molecule has 0 bridgehead atoms. The van der Waals surface area contributed by atoms with Crippen LogP contribution in [0.2, 0.25) is 0 Å². The smallest absolute Gasteiger partial charge is 0.326 e. The van der Waals surface area contributed by atoms with Gasteiger partial charge in [-0.15, -0.1) is 11.8 Å². The fraction of sp³-hybridized carbons (Fsp3) is 0.429. The first-order valence-corrected chi connectivity index (χ1v) is 7.51. The summed E-state index contributed by atoms with van der Waals surface area (Å²) in [4.78, 5) is 22.6. The van der Waals surface area contributed by atoms with Gasteiger partial charge in [0, 0.05) is 25.9 Å². The third kappa shape index (κ3) is 7.10. The van der Waals surface area contributed by atoms with Crippen molar-refractivity contribution >= 4 is 23.6 Å². The monoisotopic (exact) mass is 315 g/mol. The van der Waals surface area contributed by atoms with E-state index >= 15 is 0 Å². The van der Waals surface area contributed by atoms with Crippen molar-refractivity contribution in [2.45, 2.75) is 18.2 Å². The number of halogens is 1. The van der Waals surface area contributed by atoms with Crippen molar-refractivity contribution in [1.82, 2.24) is 5.32 Å². The fourth-order valence-electron chi connectivity index (χ4n) is 1.57. The molecule has 5 nitrogen and oxygen atoms in total. The summed E-state index contributed by atoms with van der Waals surface area (Å²) in [5, 5.41) is 11.4. The van der Waals surface area contributed by atoms with Gasteiger partial charge >= 0.3 is 5.97 Å². The van der Waals surface area contributed by atoms with Crippen molar-refractivity contribution in [2.24, 2.45) is 0 Å². The van der Waals surface area contributed by atoms with Gasteiger partial charge in [0.15, 0.2) is 0 Å². The van der Waals surface area contributed by atoms with Gasteiger partial charge in [0.2, 0.25) is 5.91 Å². The number of carboxylic acids is 1. The van der Waals surface area contributed by atoms with Gasteiger partial charge in [-0.05, 0) is 17.7 Å². The summed E-state index contributed by atoms with van der Waals surface area (Å²) in [5.74, 6) is -1.02. The minimum absolute atomic E-state index is 0.147. The summed E-state index contributed by atoms with van der Waals surface area (Å²) in [6, 6.07) is 5.09. The molecule has 1 aromatic rings. The summed E-state index contributed by atoms with van der Waals surface area (Å²) in [6.07, 6.45) is 0.222. The van der Waals surface area contributed by atoms with Crippen LogP contribution in [0.4, 0.5) is 4.39 Å². The van der Waals surface area contributed by atoms with Crippen molar-refractivity contribution in [1.29, 1.82) is 0 Å². The van der Waals surface area contributed by atoms with Crippen LogP contribution in [0.1, 0.15) is 12.0 Å². The van der Waals surface area contributed by atoms with Crippen LogP contribution in [0.15, 0.2) is 24.3 Å². The van der Waals surface area contributed by atoms with Crippen LogP contribution in [0.25, 0.3) is 0 Å². The molecule has 0 fully saturated rings. The van der Waals surface area contributed by atoms with Crippen LogP contribution >= 0.6 is 11.8 Å². The molecule has 116 valence electrons. The summed E-state index contributed by atoms with van der Waals surface area (Å²) in [5.41, 5.74) is 0.906. The first kappa shape index (κ1) is 17.5. The van der Waals surface area contributed by atoms with Gasteiger partial charge in [0.25, 0.3) is 0 Å². The Bertz CT molecular complexity index is 467. The number of rotatable bonds is 9. The first-order chi connectivity index (χ1) is 10.0. The average molecular weight is 315 g/mol. The zero-order chi connectivity index (χ0) is 15.7. The molecule has 1 atom stereocenters. The van der Waals surface area contributed by atoms with Gasteiger partial charge in [-0.1, -0.05) is 12.1 Å². The minimum atomic E-state index is -1.08. The molecule has 0 spiro atoms. The van der Waals surface area contributed by atoms with Gasteiger partial charge in [-0.2, -0.15) is 0 Å². The van der Waals surface area contributed by atoms with Crippen molar-refractivity contribution in [3.8, 4) is 0 Å². The number of nitrogens with one attached hydrogen (secondary N) is 1. The molecule has 0 aliphatic heterocycles. The Morgan fingerprint density at radius 3 is 2.62 bits per heavy atom. The normalized spacial score (nSPS) is 11.9. The molecular weight excluding hydrogens is 297 g/mol. The van der Waals surface area contributed by atoms with Crippen molar-refractivity contribution in [2.75, 3.05) is 19.5 Å². The molecule has 0 saturated carbocycles. The third-order valence-corrected chi connectivity index (χ3v) is 3.66. The van der Waals surface area contributed by atoms with Crippen molar-refractivity contribution < 1.29 is 23.8 Å². The standard InChI is InChI=1S/C14H18FNO4S/c1-20-7-6-12(14(18)19)16-13(17)9-21-8-10-2-4-11(15)5-3-10/h2-5,12H,6-9H2,1H3,(H,16,17)(H,18,19). The summed E-state index contributed by atoms with van der Waals surface area (Å²) in [6.45, 7) is 0.264. The molecule has 2 N–H and O–H groups in total. The Balaban J connectivity index is 2.32. The lowest BCUT2D eigenvalue weighted by Crippen LogP contribution is -2.42. The number of amides is 1. The van der Waals surface area contributed by atoms with E-state index in [9.17, 15) is 14.0 Å². The molecule has 0 saturated heterocycles. The van der Waals surface area contributed by atoms with Crippen LogP contribution in [0.5, 0.6) is 0 Å². The van der Waals surface area contributed by atoms with Crippen LogP contribution < -0.4 is 5.32 Å². The van der Waals surface area contributed by atoms with Crippen LogP contribution in [0.3, 0.4) is 0 Å². The number of aliphatic carboxylic acids is 1. The van der Waals surface area contributed by atoms with Crippen LogP contribution in [0, 0.1) is 5.82 Å². The van der Waals surface area contributed by atoms with Gasteiger partial charge in [-0.3, -0.25) is 4.79 Å². The highest BCUT2D eigenvalue weighted by Gasteiger charge is 2.19. The van der Waals surface area contributed by atoms with E-state index in [0.717, 1.165) is 5.56 Å². The average Bonchev–Trinajstić information content (AvgIpc) is 2.45. The van der Waals surface area contributed by atoms with E-state index in [1.54, 1.807) is 12.1 Å². The summed E-state index contributed by atoms with van der Waals surface area (Å²) < 4.78 is 17.5. The van der Waals surface area contributed by atoms with Gasteiger partial charge < -0.3 is 15.2 Å². The van der Waals surface area contributed by atoms with E-state index in [-0.39, 0.29) is 30.5 Å². The Morgan fingerprint density at radius 1 is 1.38 bits per heavy atom. The highest BCUT2D eigenvalue weighted by Crippen LogP contribution is 2.12. The van der Waals surface area contributed by atoms with Crippen LogP contribution in [-0.2, 0) is 20.1 Å². The number of ether oxygens (including phenoxy) is 1. The number of hydrogen-bond donors (Lipinski definition) is 2. The van der Waals surface area contributed by atoms with Crippen LogP contribution in [-0.4, -0.2) is 42.5 Å². The molecule has 0 aliphatic carbocycles. The lowest BCUT2D eigenvalue weighted by Gasteiger charge is -2.13. The quantitative estimate of drug-likeness (QED) is 0.725. The molecule has 0 heterocycles. The Labute approximate surface area is 126 Å². The van der Waals surface area contributed by atoms with E-state index < -0.39 is 12.0 Å². The molecule has 7 heteroatoms. The molecule has 0 radical (unpaired) electrons. The van der Waals surface area contributed by atoms with Crippen molar-refractivity contribution in [3.63, 3.8) is 0 Å². The maximum absolute atomic E-state index is 12.7. The molecule has 21 heavy (non-hydrogen) atoms. The number of methoxy groups -OCH3 is 1. The van der Waals surface area contributed by atoms with Gasteiger partial charge in [-0.25, -0.2) is 9.18 Å². The predicted octanol–water partition coefficient (Wildman–Crippen LogP) is 1.66. The van der Waals surface area contributed by atoms with E-state index in [2.05, 4.69) is 5.32 Å².